The summed E-state index contributed by atoms with van der Waals surface area (Å²) in [6.07, 6.45) is 0.684. The smallest absolute Gasteiger partial charge is 0.275 e. The van der Waals surface area contributed by atoms with Crippen molar-refractivity contribution in [3.05, 3.63) is 40.3 Å². The molecule has 0 saturated carbocycles. The maximum atomic E-state index is 12.4. The van der Waals surface area contributed by atoms with Crippen LogP contribution in [0.3, 0.4) is 0 Å². The number of nitrogens with two attached hydrogens (primary N) is 1. The minimum atomic E-state index is -0.237. The quantitative estimate of drug-likeness (QED) is 0.679. The Morgan fingerprint density at radius 3 is 2.80 bits per heavy atom. The Kier molecular flexibility index (Phi) is 7.84. The number of benzene rings is 1. The lowest BCUT2D eigenvalue weighted by Gasteiger charge is -2.19. The van der Waals surface area contributed by atoms with Crippen molar-refractivity contribution in [1.29, 1.82) is 0 Å². The van der Waals surface area contributed by atoms with Gasteiger partial charge in [-0.25, -0.2) is 4.98 Å². The van der Waals surface area contributed by atoms with Crippen LogP contribution >= 0.6 is 11.3 Å². The Hall–Kier alpha value is -1.96. The molecule has 0 aliphatic rings. The lowest BCUT2D eigenvalue weighted by Crippen LogP contribution is -2.28. The van der Waals surface area contributed by atoms with Gasteiger partial charge in [0.15, 0.2) is 0 Å². The highest BCUT2D eigenvalue weighted by molar-refractivity contribution is 7.09. The Morgan fingerprint density at radius 1 is 1.32 bits per heavy atom. The first-order chi connectivity index (χ1) is 12.2. The van der Waals surface area contributed by atoms with Gasteiger partial charge in [0.2, 0.25) is 0 Å². The van der Waals surface area contributed by atoms with Gasteiger partial charge in [-0.3, -0.25) is 4.79 Å². The third kappa shape index (κ3) is 5.81. The molecule has 0 aliphatic carbocycles. The normalized spacial score (nSPS) is 10.9. The van der Waals surface area contributed by atoms with E-state index in [0.29, 0.717) is 36.7 Å². The molecule has 7 heteroatoms. The predicted octanol–water partition coefficient (Wildman–Crippen LogP) is 2.62. The highest BCUT2D eigenvalue weighted by Crippen LogP contribution is 2.24. The SMILES string of the molecule is CCN(CC)CCOc1ccccc1NC(=O)c1csc(CCN)n1. The van der Waals surface area contributed by atoms with Crippen LogP contribution < -0.4 is 15.8 Å². The molecule has 0 bridgehead atoms. The summed E-state index contributed by atoms with van der Waals surface area (Å²) in [6, 6.07) is 7.45. The van der Waals surface area contributed by atoms with E-state index in [1.54, 1.807) is 5.38 Å². The average Bonchev–Trinajstić information content (AvgIpc) is 3.09. The van der Waals surface area contributed by atoms with Crippen molar-refractivity contribution in [1.82, 2.24) is 9.88 Å². The van der Waals surface area contributed by atoms with Crippen molar-refractivity contribution in [3.63, 3.8) is 0 Å². The molecule has 1 aromatic carbocycles. The van der Waals surface area contributed by atoms with Crippen LogP contribution in [-0.2, 0) is 6.42 Å². The number of para-hydroxylation sites is 2. The van der Waals surface area contributed by atoms with E-state index in [4.69, 9.17) is 10.5 Å². The second-order valence-electron chi connectivity index (χ2n) is 5.49. The third-order valence-electron chi connectivity index (χ3n) is 3.84. The van der Waals surface area contributed by atoms with Gasteiger partial charge in [0.1, 0.15) is 18.1 Å². The number of likely N-dealkylation sites (N-methyl/N-ethyl adjacent to an activating group) is 1. The lowest BCUT2D eigenvalue weighted by atomic mass is 10.3. The maximum absolute atomic E-state index is 12.4. The maximum Gasteiger partial charge on any atom is 0.275 e. The van der Waals surface area contributed by atoms with Crippen LogP contribution in [0.1, 0.15) is 29.3 Å². The number of nitrogens with one attached hydrogen (secondary N) is 1. The molecule has 0 unspecified atom stereocenters. The summed E-state index contributed by atoms with van der Waals surface area (Å²) >= 11 is 1.45. The minimum Gasteiger partial charge on any atom is -0.490 e. The molecule has 1 aromatic heterocycles. The predicted molar refractivity (Wildman–Crippen MR) is 103 cm³/mol. The first-order valence-corrected chi connectivity index (χ1v) is 9.45. The number of amides is 1. The summed E-state index contributed by atoms with van der Waals surface area (Å²) in [4.78, 5) is 19.0. The molecule has 2 aromatic rings. The monoisotopic (exact) mass is 362 g/mol. The van der Waals surface area contributed by atoms with Crippen LogP contribution in [0.15, 0.2) is 29.6 Å². The van der Waals surface area contributed by atoms with Gasteiger partial charge in [0, 0.05) is 18.3 Å². The average molecular weight is 362 g/mol. The molecule has 0 spiro atoms. The highest BCUT2D eigenvalue weighted by atomic mass is 32.1. The molecule has 6 nitrogen and oxygen atoms in total. The van der Waals surface area contributed by atoms with Crippen molar-refractivity contribution < 1.29 is 9.53 Å². The summed E-state index contributed by atoms with van der Waals surface area (Å²) in [5.41, 5.74) is 6.59. The molecular formula is C18H26N4O2S. The molecule has 0 atom stereocenters. The molecule has 0 saturated heterocycles. The van der Waals surface area contributed by atoms with Gasteiger partial charge in [-0.05, 0) is 31.8 Å². The van der Waals surface area contributed by atoms with Gasteiger partial charge in [-0.2, -0.15) is 0 Å². The van der Waals surface area contributed by atoms with Crippen molar-refractivity contribution in [2.75, 3.05) is 38.1 Å². The fourth-order valence-electron chi connectivity index (χ4n) is 2.36. The minimum absolute atomic E-state index is 0.237. The van der Waals surface area contributed by atoms with E-state index in [9.17, 15) is 4.79 Å². The van der Waals surface area contributed by atoms with E-state index in [-0.39, 0.29) is 5.91 Å². The number of hydrogen-bond donors (Lipinski definition) is 2. The van der Waals surface area contributed by atoms with Gasteiger partial charge in [-0.15, -0.1) is 11.3 Å². The van der Waals surface area contributed by atoms with Gasteiger partial charge < -0.3 is 20.7 Å². The van der Waals surface area contributed by atoms with Crippen molar-refractivity contribution in [3.8, 4) is 5.75 Å². The number of aromatic nitrogens is 1. The van der Waals surface area contributed by atoms with Crippen LogP contribution in [0, 0.1) is 0 Å². The van der Waals surface area contributed by atoms with Crippen LogP contribution in [0.5, 0.6) is 5.75 Å². The summed E-state index contributed by atoms with van der Waals surface area (Å²) in [7, 11) is 0. The number of ether oxygens (including phenoxy) is 1. The summed E-state index contributed by atoms with van der Waals surface area (Å²) in [5.74, 6) is 0.430. The zero-order valence-electron chi connectivity index (χ0n) is 14.8. The molecule has 1 heterocycles. The highest BCUT2D eigenvalue weighted by Gasteiger charge is 2.13. The number of carbonyl (C=O) groups is 1. The topological polar surface area (TPSA) is 80.5 Å². The zero-order chi connectivity index (χ0) is 18.1. The molecule has 0 radical (unpaired) electrons. The van der Waals surface area contributed by atoms with E-state index in [2.05, 4.69) is 29.0 Å². The van der Waals surface area contributed by atoms with E-state index in [0.717, 1.165) is 24.6 Å². The molecular weight excluding hydrogens is 336 g/mol. The standard InChI is InChI=1S/C18H26N4O2S/c1-3-22(4-2)11-12-24-16-8-6-5-7-14(16)21-18(23)15-13-25-17(20-15)9-10-19/h5-8,13H,3-4,9-12,19H2,1-2H3,(H,21,23). The van der Waals surface area contributed by atoms with E-state index in [1.807, 2.05) is 24.3 Å². The Labute approximate surface area is 153 Å². The van der Waals surface area contributed by atoms with Gasteiger partial charge in [0.05, 0.1) is 10.7 Å². The Balaban J connectivity index is 1.98. The van der Waals surface area contributed by atoms with Crippen molar-refractivity contribution in [2.24, 2.45) is 5.73 Å². The number of rotatable bonds is 10. The molecule has 1 amide bonds. The van der Waals surface area contributed by atoms with Crippen LogP contribution in [0.2, 0.25) is 0 Å². The number of anilines is 1. The van der Waals surface area contributed by atoms with Crippen LogP contribution in [0.4, 0.5) is 5.69 Å². The van der Waals surface area contributed by atoms with Gasteiger partial charge >= 0.3 is 0 Å². The second kappa shape index (κ2) is 10.1. The third-order valence-corrected chi connectivity index (χ3v) is 4.75. The van der Waals surface area contributed by atoms with E-state index in [1.165, 1.54) is 11.3 Å². The Morgan fingerprint density at radius 2 is 2.08 bits per heavy atom. The molecule has 0 fully saturated rings. The molecule has 25 heavy (non-hydrogen) atoms. The fourth-order valence-corrected chi connectivity index (χ4v) is 3.15. The summed E-state index contributed by atoms with van der Waals surface area (Å²) in [5, 5.41) is 5.51. The summed E-state index contributed by atoms with van der Waals surface area (Å²) in [6.45, 7) is 8.20. The molecule has 0 aliphatic heterocycles. The van der Waals surface area contributed by atoms with Crippen LogP contribution in [0.25, 0.3) is 0 Å². The molecule has 3 N–H and O–H groups in total. The summed E-state index contributed by atoms with van der Waals surface area (Å²) < 4.78 is 5.86. The largest absolute Gasteiger partial charge is 0.490 e. The number of carbonyl (C=O) groups excluding carboxylic acids is 1. The second-order valence-corrected chi connectivity index (χ2v) is 6.43. The molecule has 2 rings (SSSR count). The zero-order valence-corrected chi connectivity index (χ0v) is 15.6. The Bertz CT molecular complexity index is 671. The van der Waals surface area contributed by atoms with Crippen molar-refractivity contribution >= 4 is 22.9 Å². The fraction of sp³-hybridized carbons (Fsp3) is 0.444. The molecule has 136 valence electrons. The first-order valence-electron chi connectivity index (χ1n) is 8.57. The lowest BCUT2D eigenvalue weighted by molar-refractivity contribution is 0.102. The number of nitrogens with zero attached hydrogens (tertiary/aromatic N) is 2. The first kappa shape index (κ1) is 19.4. The van der Waals surface area contributed by atoms with Gasteiger partial charge in [-0.1, -0.05) is 26.0 Å². The number of thiazole rings is 1. The number of hydrogen-bond acceptors (Lipinski definition) is 6. The van der Waals surface area contributed by atoms with E-state index < -0.39 is 0 Å². The van der Waals surface area contributed by atoms with Crippen molar-refractivity contribution in [2.45, 2.75) is 20.3 Å². The van der Waals surface area contributed by atoms with E-state index >= 15 is 0 Å². The van der Waals surface area contributed by atoms with Gasteiger partial charge in [0.25, 0.3) is 5.91 Å². The van der Waals surface area contributed by atoms with Crippen LogP contribution in [-0.4, -0.2) is 48.6 Å².